The van der Waals surface area contributed by atoms with Crippen molar-refractivity contribution in [2.75, 3.05) is 18.4 Å². The van der Waals surface area contributed by atoms with Gasteiger partial charge in [-0.15, -0.1) is 0 Å². The van der Waals surface area contributed by atoms with Gasteiger partial charge in [-0.05, 0) is 30.2 Å². The largest absolute Gasteiger partial charge is 0.326 e. The maximum Gasteiger partial charge on any atom is 0.228 e. The summed E-state index contributed by atoms with van der Waals surface area (Å²) < 4.78 is 0. The second kappa shape index (κ2) is 7.17. The van der Waals surface area contributed by atoms with Crippen LogP contribution in [-0.4, -0.2) is 19.0 Å². The van der Waals surface area contributed by atoms with E-state index in [1.54, 1.807) is 0 Å². The van der Waals surface area contributed by atoms with Gasteiger partial charge in [0.25, 0.3) is 0 Å². The minimum Gasteiger partial charge on any atom is -0.326 e. The van der Waals surface area contributed by atoms with E-state index in [0.717, 1.165) is 12.2 Å². The number of hydrogen-bond donors (Lipinski definition) is 2. The molecule has 2 N–H and O–H groups in total. The maximum absolute atomic E-state index is 11.9. The summed E-state index contributed by atoms with van der Waals surface area (Å²) in [4.78, 5) is 11.9. The summed E-state index contributed by atoms with van der Waals surface area (Å²) in [6, 6.07) is 8.05. The minimum atomic E-state index is -0.0207. The zero-order chi connectivity index (χ0) is 13.5. The molecule has 100 valence electrons. The van der Waals surface area contributed by atoms with Crippen molar-refractivity contribution >= 4 is 11.6 Å². The molecule has 18 heavy (non-hydrogen) atoms. The molecule has 1 aromatic carbocycles. The van der Waals surface area contributed by atoms with Crippen molar-refractivity contribution < 1.29 is 4.79 Å². The predicted molar refractivity (Wildman–Crippen MR) is 76.9 cm³/mol. The fourth-order valence-electron chi connectivity index (χ4n) is 1.69. The van der Waals surface area contributed by atoms with Gasteiger partial charge in [0, 0.05) is 18.2 Å². The average molecular weight is 248 g/mol. The van der Waals surface area contributed by atoms with Crippen LogP contribution in [0.4, 0.5) is 5.69 Å². The summed E-state index contributed by atoms with van der Waals surface area (Å²) in [6.07, 6.45) is 0. The smallest absolute Gasteiger partial charge is 0.228 e. The van der Waals surface area contributed by atoms with Gasteiger partial charge in [0.1, 0.15) is 0 Å². The molecule has 0 radical (unpaired) electrons. The highest BCUT2D eigenvalue weighted by Crippen LogP contribution is 2.18. The van der Waals surface area contributed by atoms with Crippen molar-refractivity contribution in [2.24, 2.45) is 5.92 Å². The van der Waals surface area contributed by atoms with Crippen LogP contribution in [0.5, 0.6) is 0 Å². The molecular formula is C15H24N2O. The Bertz CT molecular complexity index is 388. The van der Waals surface area contributed by atoms with Crippen LogP contribution >= 0.6 is 0 Å². The summed E-state index contributed by atoms with van der Waals surface area (Å²) in [5.41, 5.74) is 2.13. The molecule has 3 nitrogen and oxygen atoms in total. The number of rotatable bonds is 6. The van der Waals surface area contributed by atoms with Crippen LogP contribution in [0.2, 0.25) is 0 Å². The van der Waals surface area contributed by atoms with E-state index in [9.17, 15) is 4.79 Å². The van der Waals surface area contributed by atoms with Crippen LogP contribution in [-0.2, 0) is 4.79 Å². The van der Waals surface area contributed by atoms with E-state index in [1.807, 2.05) is 32.0 Å². The van der Waals surface area contributed by atoms with Crippen molar-refractivity contribution in [3.05, 3.63) is 29.8 Å². The van der Waals surface area contributed by atoms with E-state index >= 15 is 0 Å². The number of nitrogens with one attached hydrogen (secondary N) is 2. The maximum atomic E-state index is 11.9. The quantitative estimate of drug-likeness (QED) is 0.812. The fourth-order valence-corrected chi connectivity index (χ4v) is 1.69. The molecule has 1 rings (SSSR count). The summed E-state index contributed by atoms with van der Waals surface area (Å²) in [5.74, 6) is 0.519. The zero-order valence-corrected chi connectivity index (χ0v) is 11.8. The first-order valence-electron chi connectivity index (χ1n) is 6.66. The van der Waals surface area contributed by atoms with E-state index in [4.69, 9.17) is 0 Å². The first-order valence-corrected chi connectivity index (χ1v) is 6.66. The summed E-state index contributed by atoms with van der Waals surface area (Å²) >= 11 is 0. The van der Waals surface area contributed by atoms with Crippen LogP contribution in [0.15, 0.2) is 24.3 Å². The molecule has 1 amide bonds. The number of benzene rings is 1. The lowest BCUT2D eigenvalue weighted by Crippen LogP contribution is -2.30. The number of carbonyl (C=O) groups excluding carboxylic acids is 1. The molecule has 0 aliphatic carbocycles. The monoisotopic (exact) mass is 248 g/mol. The van der Waals surface area contributed by atoms with E-state index in [0.29, 0.717) is 12.5 Å². The Morgan fingerprint density at radius 3 is 2.61 bits per heavy atom. The van der Waals surface area contributed by atoms with Gasteiger partial charge in [0.05, 0.1) is 0 Å². The molecule has 1 atom stereocenters. The lowest BCUT2D eigenvalue weighted by molar-refractivity contribution is -0.119. The summed E-state index contributed by atoms with van der Waals surface area (Å²) in [5, 5.41) is 6.15. The summed E-state index contributed by atoms with van der Waals surface area (Å²) in [6.45, 7) is 9.87. The van der Waals surface area contributed by atoms with Gasteiger partial charge in [0.15, 0.2) is 0 Å². The second-order valence-corrected chi connectivity index (χ2v) is 4.98. The van der Waals surface area contributed by atoms with Crippen molar-refractivity contribution in [1.82, 2.24) is 5.32 Å². The van der Waals surface area contributed by atoms with Gasteiger partial charge in [-0.1, -0.05) is 39.8 Å². The van der Waals surface area contributed by atoms with E-state index in [1.165, 1.54) is 5.56 Å². The minimum absolute atomic E-state index is 0.0207. The standard InChI is InChI=1S/C15H24N2O/c1-5-16-10-12(4)15(18)17-14-8-6-7-13(9-14)11(2)3/h6-9,11-12,16H,5,10H2,1-4H3,(H,17,18). The molecule has 3 heteroatoms. The van der Waals surface area contributed by atoms with Crippen molar-refractivity contribution in [3.63, 3.8) is 0 Å². The fraction of sp³-hybridized carbons (Fsp3) is 0.533. The van der Waals surface area contributed by atoms with Gasteiger partial charge < -0.3 is 10.6 Å². The highest BCUT2D eigenvalue weighted by molar-refractivity contribution is 5.92. The third-order valence-electron chi connectivity index (χ3n) is 2.97. The Morgan fingerprint density at radius 1 is 1.28 bits per heavy atom. The third-order valence-corrected chi connectivity index (χ3v) is 2.97. The lowest BCUT2D eigenvalue weighted by atomic mass is 10.0. The van der Waals surface area contributed by atoms with Gasteiger partial charge in [0.2, 0.25) is 5.91 Å². The van der Waals surface area contributed by atoms with E-state index < -0.39 is 0 Å². The second-order valence-electron chi connectivity index (χ2n) is 4.98. The van der Waals surface area contributed by atoms with Crippen LogP contribution in [0, 0.1) is 5.92 Å². The Morgan fingerprint density at radius 2 is 2.00 bits per heavy atom. The Hall–Kier alpha value is -1.35. The number of anilines is 1. The van der Waals surface area contributed by atoms with Crippen molar-refractivity contribution in [1.29, 1.82) is 0 Å². The average Bonchev–Trinajstić information content (AvgIpc) is 2.36. The molecule has 0 saturated heterocycles. The Balaban J connectivity index is 2.61. The zero-order valence-electron chi connectivity index (χ0n) is 11.8. The Kier molecular flexibility index (Phi) is 5.86. The Labute approximate surface area is 110 Å². The van der Waals surface area contributed by atoms with E-state index in [-0.39, 0.29) is 11.8 Å². The van der Waals surface area contributed by atoms with Crippen molar-refractivity contribution in [3.8, 4) is 0 Å². The van der Waals surface area contributed by atoms with Gasteiger partial charge in [-0.2, -0.15) is 0 Å². The molecule has 0 aliphatic rings. The van der Waals surface area contributed by atoms with Crippen LogP contribution < -0.4 is 10.6 Å². The first kappa shape index (κ1) is 14.7. The molecule has 0 spiro atoms. The first-order chi connectivity index (χ1) is 8.54. The molecule has 0 aliphatic heterocycles. The lowest BCUT2D eigenvalue weighted by Gasteiger charge is -2.14. The third kappa shape index (κ3) is 4.49. The molecule has 0 bridgehead atoms. The number of amides is 1. The number of hydrogen-bond acceptors (Lipinski definition) is 2. The topological polar surface area (TPSA) is 41.1 Å². The molecule has 0 fully saturated rings. The van der Waals surface area contributed by atoms with Gasteiger partial charge >= 0.3 is 0 Å². The van der Waals surface area contributed by atoms with Crippen LogP contribution in [0.25, 0.3) is 0 Å². The number of carbonyl (C=O) groups is 1. The summed E-state index contributed by atoms with van der Waals surface area (Å²) in [7, 11) is 0. The van der Waals surface area contributed by atoms with E-state index in [2.05, 4.69) is 30.5 Å². The van der Waals surface area contributed by atoms with Crippen molar-refractivity contribution in [2.45, 2.75) is 33.6 Å². The SMILES string of the molecule is CCNCC(C)C(=O)Nc1cccc(C(C)C)c1. The van der Waals surface area contributed by atoms with Gasteiger partial charge in [-0.3, -0.25) is 4.79 Å². The normalized spacial score (nSPS) is 12.5. The molecule has 1 aromatic rings. The molecule has 1 unspecified atom stereocenters. The van der Waals surface area contributed by atoms with Crippen LogP contribution in [0.1, 0.15) is 39.2 Å². The van der Waals surface area contributed by atoms with Crippen LogP contribution in [0.3, 0.4) is 0 Å². The molecule has 0 aromatic heterocycles. The molecule has 0 saturated carbocycles. The molecule has 0 heterocycles. The predicted octanol–water partition coefficient (Wildman–Crippen LogP) is 2.99. The van der Waals surface area contributed by atoms with Gasteiger partial charge in [-0.25, -0.2) is 0 Å². The highest BCUT2D eigenvalue weighted by Gasteiger charge is 2.12. The molecular weight excluding hydrogens is 224 g/mol. The highest BCUT2D eigenvalue weighted by atomic mass is 16.1.